The first-order valence-corrected chi connectivity index (χ1v) is 12.9. The number of hydrogen-bond donors (Lipinski definition) is 0. The Balaban J connectivity index is 1.52. The summed E-state index contributed by atoms with van der Waals surface area (Å²) in [5.74, 6) is 1.15. The topological polar surface area (TPSA) is 45.7 Å². The first-order chi connectivity index (χ1) is 16.6. The van der Waals surface area contributed by atoms with Crippen LogP contribution >= 0.6 is 11.3 Å². The van der Waals surface area contributed by atoms with Crippen LogP contribution in [0.4, 0.5) is 5.82 Å². The van der Waals surface area contributed by atoms with E-state index in [1.54, 1.807) is 11.3 Å². The monoisotopic (exact) mass is 473 g/mol. The van der Waals surface area contributed by atoms with Crippen LogP contribution in [0, 0.1) is 0 Å². The molecular weight excluding hydrogens is 442 g/mol. The highest BCUT2D eigenvalue weighted by Crippen LogP contribution is 2.41. The van der Waals surface area contributed by atoms with E-state index in [1.165, 1.54) is 4.88 Å². The summed E-state index contributed by atoms with van der Waals surface area (Å²) in [6.45, 7) is 6.97. The predicted octanol–water partition coefficient (Wildman–Crippen LogP) is 4.80. The normalized spacial score (nSPS) is 22.9. The molecule has 3 aromatic rings. The molecule has 0 bridgehead atoms. The summed E-state index contributed by atoms with van der Waals surface area (Å²) in [7, 11) is 0. The van der Waals surface area contributed by atoms with Crippen molar-refractivity contribution in [2.45, 2.75) is 25.3 Å². The van der Waals surface area contributed by atoms with Crippen LogP contribution in [0.2, 0.25) is 0 Å². The van der Waals surface area contributed by atoms with E-state index in [9.17, 15) is 4.79 Å². The van der Waals surface area contributed by atoms with Gasteiger partial charge in [0.25, 0.3) is 0 Å². The fourth-order valence-electron chi connectivity index (χ4n) is 5.03. The molecule has 176 valence electrons. The number of thiophene rings is 1. The fourth-order valence-corrected chi connectivity index (χ4v) is 5.73. The lowest BCUT2D eigenvalue weighted by Gasteiger charge is -2.46. The number of benzene rings is 1. The summed E-state index contributed by atoms with van der Waals surface area (Å²) in [5, 5.41) is 2.13. The number of likely N-dealkylation sites (tertiary alicyclic amines) is 1. The molecule has 34 heavy (non-hydrogen) atoms. The molecule has 0 amide bonds. The summed E-state index contributed by atoms with van der Waals surface area (Å²) in [4.78, 5) is 24.4. The van der Waals surface area contributed by atoms with E-state index in [1.807, 2.05) is 30.3 Å². The number of carbonyl (C=O) groups is 1. The lowest BCUT2D eigenvalue weighted by molar-refractivity contribution is -0.119. The third-order valence-corrected chi connectivity index (χ3v) is 7.93. The highest BCUT2D eigenvalue weighted by atomic mass is 32.1. The molecule has 2 aromatic heterocycles. The van der Waals surface area contributed by atoms with E-state index in [2.05, 4.69) is 58.5 Å². The molecule has 2 aliphatic rings. The SMILES string of the molecule is CC1(c2ccccc2)C(=Cc2cccc(N3CCOCC3)n2)C(=O)CCN1CCc1cccs1. The molecule has 0 spiro atoms. The van der Waals surface area contributed by atoms with Crippen molar-refractivity contribution in [3.8, 4) is 0 Å². The number of pyridine rings is 1. The molecule has 0 radical (unpaired) electrons. The maximum atomic E-state index is 13.4. The minimum atomic E-state index is -0.509. The second kappa shape index (κ2) is 10.2. The molecule has 0 aliphatic carbocycles. The van der Waals surface area contributed by atoms with E-state index in [4.69, 9.17) is 9.72 Å². The summed E-state index contributed by atoms with van der Waals surface area (Å²) < 4.78 is 5.49. The molecule has 4 heterocycles. The molecule has 2 aliphatic heterocycles. The zero-order valence-electron chi connectivity index (χ0n) is 19.7. The van der Waals surface area contributed by atoms with Gasteiger partial charge >= 0.3 is 0 Å². The number of nitrogens with zero attached hydrogens (tertiary/aromatic N) is 3. The first kappa shape index (κ1) is 23.0. The van der Waals surface area contributed by atoms with Gasteiger partial charge in [-0.3, -0.25) is 9.69 Å². The van der Waals surface area contributed by atoms with E-state index < -0.39 is 5.54 Å². The Labute approximate surface area is 205 Å². The number of hydrogen-bond acceptors (Lipinski definition) is 6. The van der Waals surface area contributed by atoms with Gasteiger partial charge in [-0.2, -0.15) is 0 Å². The quantitative estimate of drug-likeness (QED) is 0.482. The highest BCUT2D eigenvalue weighted by molar-refractivity contribution is 7.09. The van der Waals surface area contributed by atoms with Gasteiger partial charge < -0.3 is 9.64 Å². The molecule has 1 unspecified atom stereocenters. The van der Waals surface area contributed by atoms with E-state index >= 15 is 0 Å². The number of carbonyl (C=O) groups excluding carboxylic acids is 1. The van der Waals surface area contributed by atoms with Gasteiger partial charge in [-0.1, -0.05) is 42.5 Å². The van der Waals surface area contributed by atoms with E-state index in [0.717, 1.165) is 68.5 Å². The van der Waals surface area contributed by atoms with Crippen molar-refractivity contribution < 1.29 is 9.53 Å². The maximum Gasteiger partial charge on any atom is 0.162 e. The Bertz CT molecular complexity index is 1140. The van der Waals surface area contributed by atoms with Crippen molar-refractivity contribution in [2.24, 2.45) is 0 Å². The Morgan fingerprint density at radius 1 is 1.03 bits per heavy atom. The third-order valence-electron chi connectivity index (χ3n) is 6.99. The Morgan fingerprint density at radius 2 is 1.85 bits per heavy atom. The predicted molar refractivity (Wildman–Crippen MR) is 138 cm³/mol. The van der Waals surface area contributed by atoms with Crippen molar-refractivity contribution in [1.82, 2.24) is 9.88 Å². The fraction of sp³-hybridized carbons (Fsp3) is 0.357. The molecule has 6 heteroatoms. The maximum absolute atomic E-state index is 13.4. The Hall–Kier alpha value is -2.80. The largest absolute Gasteiger partial charge is 0.378 e. The number of rotatable bonds is 6. The van der Waals surface area contributed by atoms with Crippen LogP contribution in [0.25, 0.3) is 6.08 Å². The number of anilines is 1. The van der Waals surface area contributed by atoms with E-state index in [-0.39, 0.29) is 5.78 Å². The average molecular weight is 474 g/mol. The molecule has 5 nitrogen and oxygen atoms in total. The molecule has 2 saturated heterocycles. The number of aromatic nitrogens is 1. The molecule has 1 atom stereocenters. The zero-order chi connectivity index (χ0) is 23.4. The molecule has 5 rings (SSSR count). The van der Waals surface area contributed by atoms with Gasteiger partial charge in [0.15, 0.2) is 5.78 Å². The van der Waals surface area contributed by atoms with Gasteiger partial charge in [-0.15, -0.1) is 11.3 Å². The zero-order valence-corrected chi connectivity index (χ0v) is 20.5. The number of piperidine rings is 1. The van der Waals surface area contributed by atoms with E-state index in [0.29, 0.717) is 6.42 Å². The molecule has 1 aromatic carbocycles. The van der Waals surface area contributed by atoms with Gasteiger partial charge in [-0.25, -0.2) is 4.98 Å². The van der Waals surface area contributed by atoms with Crippen molar-refractivity contribution in [1.29, 1.82) is 0 Å². The van der Waals surface area contributed by atoms with Crippen LogP contribution in [0.5, 0.6) is 0 Å². The number of ketones is 1. The van der Waals surface area contributed by atoms with Gasteiger partial charge in [0.2, 0.25) is 0 Å². The van der Waals surface area contributed by atoms with Crippen molar-refractivity contribution in [3.05, 3.63) is 87.8 Å². The summed E-state index contributed by atoms with van der Waals surface area (Å²) in [6, 6.07) is 20.8. The highest BCUT2D eigenvalue weighted by Gasteiger charge is 2.43. The van der Waals surface area contributed by atoms with Crippen LogP contribution in [-0.4, -0.2) is 55.1 Å². The summed E-state index contributed by atoms with van der Waals surface area (Å²) >= 11 is 1.79. The number of Topliss-reactive ketones (excluding diaryl/α,β-unsaturated/α-hetero) is 1. The molecule has 0 saturated carbocycles. The average Bonchev–Trinajstić information content (AvgIpc) is 3.41. The summed E-state index contributed by atoms with van der Waals surface area (Å²) in [5.41, 5.74) is 2.28. The molecular formula is C28H31N3O2S. The van der Waals surface area contributed by atoms with Crippen LogP contribution in [0.3, 0.4) is 0 Å². The first-order valence-electron chi connectivity index (χ1n) is 12.0. The van der Waals surface area contributed by atoms with Crippen LogP contribution in [-0.2, 0) is 21.5 Å². The van der Waals surface area contributed by atoms with Crippen molar-refractivity contribution in [3.63, 3.8) is 0 Å². The standard InChI is InChI=1S/C28H31N3O2S/c1-28(22-7-3-2-4-8-22)25(26(32)13-15-31(28)14-12-24-10-6-20-34-24)21-23-9-5-11-27(29-23)30-16-18-33-19-17-30/h2-11,20-21H,12-19H2,1H3. The minimum absolute atomic E-state index is 0.206. The van der Waals surface area contributed by atoms with Crippen molar-refractivity contribution >= 4 is 29.0 Å². The Kier molecular flexibility index (Phi) is 6.90. The van der Waals surface area contributed by atoms with Crippen LogP contribution < -0.4 is 4.90 Å². The van der Waals surface area contributed by atoms with Crippen LogP contribution in [0.15, 0.2) is 71.6 Å². The van der Waals surface area contributed by atoms with Crippen molar-refractivity contribution in [2.75, 3.05) is 44.3 Å². The smallest absolute Gasteiger partial charge is 0.162 e. The van der Waals surface area contributed by atoms with Gasteiger partial charge in [0, 0.05) is 43.1 Å². The molecule has 2 fully saturated rings. The summed E-state index contributed by atoms with van der Waals surface area (Å²) in [6.07, 6.45) is 3.53. The van der Waals surface area contributed by atoms with Gasteiger partial charge in [0.05, 0.1) is 24.4 Å². The van der Waals surface area contributed by atoms with Crippen LogP contribution in [0.1, 0.15) is 29.5 Å². The van der Waals surface area contributed by atoms with Gasteiger partial charge in [-0.05, 0) is 48.6 Å². The molecule has 0 N–H and O–H groups in total. The lowest BCUT2D eigenvalue weighted by atomic mass is 9.76. The minimum Gasteiger partial charge on any atom is -0.378 e. The third kappa shape index (κ3) is 4.71. The van der Waals surface area contributed by atoms with Gasteiger partial charge in [0.1, 0.15) is 5.82 Å². The second-order valence-corrected chi connectivity index (χ2v) is 10.0. The lowest BCUT2D eigenvalue weighted by Crippen LogP contribution is -2.52. The number of ether oxygens (including phenoxy) is 1. The number of morpholine rings is 1. The Morgan fingerprint density at radius 3 is 2.62 bits per heavy atom. The second-order valence-electron chi connectivity index (χ2n) is 9.01.